The van der Waals surface area contributed by atoms with Gasteiger partial charge in [-0.15, -0.1) is 5.10 Å². The smallest absolute Gasteiger partial charge is 0.351 e. The fourth-order valence-corrected chi connectivity index (χ4v) is 1.53. The Kier molecular flexibility index (Phi) is 2.82. The van der Waals surface area contributed by atoms with Crippen molar-refractivity contribution >= 4 is 5.82 Å². The van der Waals surface area contributed by atoms with Gasteiger partial charge in [0.2, 0.25) is 0 Å². The third kappa shape index (κ3) is 1.99. The van der Waals surface area contributed by atoms with Gasteiger partial charge in [0.05, 0.1) is 0 Å². The highest BCUT2D eigenvalue weighted by atomic mass is 19.3. The van der Waals surface area contributed by atoms with Crippen LogP contribution in [0.2, 0.25) is 0 Å². The van der Waals surface area contributed by atoms with E-state index in [-0.39, 0.29) is 5.56 Å². The molecule has 1 aromatic heterocycles. The zero-order chi connectivity index (χ0) is 12.4. The lowest BCUT2D eigenvalue weighted by Crippen LogP contribution is -1.92. The molecule has 0 radical (unpaired) electrons. The van der Waals surface area contributed by atoms with Gasteiger partial charge < -0.3 is 10.1 Å². The molecule has 0 spiro atoms. The predicted octanol–water partition coefficient (Wildman–Crippen LogP) is 2.92. The lowest BCUT2D eigenvalue weighted by molar-refractivity contribution is -0.388. The summed E-state index contributed by atoms with van der Waals surface area (Å²) in [7, 11) is 0. The molecule has 2 aromatic rings. The lowest BCUT2D eigenvalue weighted by Gasteiger charge is -2.01. The summed E-state index contributed by atoms with van der Waals surface area (Å²) >= 11 is 0. The van der Waals surface area contributed by atoms with Gasteiger partial charge in [-0.1, -0.05) is 35.4 Å². The Morgan fingerprint density at radius 2 is 1.94 bits per heavy atom. The van der Waals surface area contributed by atoms with E-state index in [0.29, 0.717) is 5.56 Å². The standard InChI is InChI=1S/C10H7F2N3O2/c11-9(12)8-7(6-4-2-1-3-5-6)10(14-13-8)15(16)17/h1-5,9H,(H,13,14). The number of rotatable bonds is 3. The van der Waals surface area contributed by atoms with Gasteiger partial charge in [-0.2, -0.15) is 0 Å². The van der Waals surface area contributed by atoms with Gasteiger partial charge >= 0.3 is 5.82 Å². The molecule has 1 aromatic carbocycles. The molecule has 7 heteroatoms. The Hall–Kier alpha value is -2.31. The van der Waals surface area contributed by atoms with Crippen LogP contribution in [-0.4, -0.2) is 15.1 Å². The van der Waals surface area contributed by atoms with Gasteiger partial charge in [-0.25, -0.2) is 8.78 Å². The van der Waals surface area contributed by atoms with Crippen molar-refractivity contribution in [2.75, 3.05) is 0 Å². The molecule has 5 nitrogen and oxygen atoms in total. The first kappa shape index (κ1) is 11.2. The largest absolute Gasteiger partial charge is 0.358 e. The van der Waals surface area contributed by atoms with Crippen LogP contribution < -0.4 is 0 Å². The summed E-state index contributed by atoms with van der Waals surface area (Å²) in [5.41, 5.74) is -0.434. The van der Waals surface area contributed by atoms with Crippen molar-refractivity contribution in [3.8, 4) is 11.1 Å². The molecule has 0 atom stereocenters. The number of H-pyrrole nitrogens is 1. The molecule has 0 saturated carbocycles. The molecule has 2 rings (SSSR count). The average Bonchev–Trinajstić information content (AvgIpc) is 2.74. The number of nitrogens with one attached hydrogen (secondary N) is 1. The predicted molar refractivity (Wildman–Crippen MR) is 55.6 cm³/mol. The Morgan fingerprint density at radius 3 is 2.47 bits per heavy atom. The van der Waals surface area contributed by atoms with Gasteiger partial charge in [-0.05, 0) is 10.5 Å². The van der Waals surface area contributed by atoms with Crippen LogP contribution in [0.4, 0.5) is 14.6 Å². The molecule has 0 aliphatic heterocycles. The minimum absolute atomic E-state index is 0.161. The summed E-state index contributed by atoms with van der Waals surface area (Å²) in [5.74, 6) is -0.522. The van der Waals surface area contributed by atoms with Crippen LogP contribution in [0, 0.1) is 10.1 Å². The fraction of sp³-hybridized carbons (Fsp3) is 0.100. The Bertz CT molecular complexity index is 540. The van der Waals surface area contributed by atoms with Gasteiger partial charge in [0.15, 0.2) is 5.69 Å². The molecule has 17 heavy (non-hydrogen) atoms. The monoisotopic (exact) mass is 239 g/mol. The number of alkyl halides is 2. The number of aromatic nitrogens is 2. The van der Waals surface area contributed by atoms with Gasteiger partial charge in [-0.3, -0.25) is 0 Å². The third-order valence-corrected chi connectivity index (χ3v) is 2.23. The molecule has 0 bridgehead atoms. The molecule has 0 aliphatic rings. The highest BCUT2D eigenvalue weighted by Crippen LogP contribution is 2.35. The third-order valence-electron chi connectivity index (χ3n) is 2.23. The number of benzene rings is 1. The summed E-state index contributed by atoms with van der Waals surface area (Å²) in [6, 6.07) is 7.95. The first-order valence-corrected chi connectivity index (χ1v) is 4.67. The van der Waals surface area contributed by atoms with Crippen molar-refractivity contribution in [3.63, 3.8) is 0 Å². The molecular formula is C10H7F2N3O2. The molecular weight excluding hydrogens is 232 g/mol. The van der Waals surface area contributed by atoms with E-state index in [1.165, 1.54) is 12.1 Å². The van der Waals surface area contributed by atoms with Crippen LogP contribution >= 0.6 is 0 Å². The van der Waals surface area contributed by atoms with E-state index >= 15 is 0 Å². The van der Waals surface area contributed by atoms with Crippen molar-refractivity contribution in [1.82, 2.24) is 10.2 Å². The molecule has 0 unspecified atom stereocenters. The molecule has 88 valence electrons. The SMILES string of the molecule is O=[N+]([O-])c1[nH]nc(C(F)F)c1-c1ccccc1. The summed E-state index contributed by atoms with van der Waals surface area (Å²) < 4.78 is 25.4. The number of hydrogen-bond acceptors (Lipinski definition) is 3. The second-order valence-corrected chi connectivity index (χ2v) is 3.26. The maximum Gasteiger partial charge on any atom is 0.351 e. The van der Waals surface area contributed by atoms with Crippen LogP contribution in [0.1, 0.15) is 12.1 Å². The van der Waals surface area contributed by atoms with E-state index in [1.807, 2.05) is 5.10 Å². The Balaban J connectivity index is 2.65. The molecule has 0 aliphatic carbocycles. The number of aromatic amines is 1. The first-order chi connectivity index (χ1) is 8.11. The minimum Gasteiger partial charge on any atom is -0.358 e. The quantitative estimate of drug-likeness (QED) is 0.661. The van der Waals surface area contributed by atoms with Crippen LogP contribution in [0.3, 0.4) is 0 Å². The van der Waals surface area contributed by atoms with Gasteiger partial charge in [0.1, 0.15) is 5.56 Å². The molecule has 0 saturated heterocycles. The molecule has 0 amide bonds. The average molecular weight is 239 g/mol. The zero-order valence-corrected chi connectivity index (χ0v) is 8.43. The van der Waals surface area contributed by atoms with E-state index < -0.39 is 22.9 Å². The van der Waals surface area contributed by atoms with E-state index in [0.717, 1.165) is 0 Å². The number of nitrogens with zero attached hydrogens (tertiary/aromatic N) is 2. The van der Waals surface area contributed by atoms with Crippen molar-refractivity contribution in [2.45, 2.75) is 6.43 Å². The summed E-state index contributed by atoms with van der Waals surface area (Å²) in [6.07, 6.45) is -2.87. The first-order valence-electron chi connectivity index (χ1n) is 4.67. The summed E-state index contributed by atoms with van der Waals surface area (Å²) in [6.45, 7) is 0. The van der Waals surface area contributed by atoms with Gasteiger partial charge in [0, 0.05) is 0 Å². The second-order valence-electron chi connectivity index (χ2n) is 3.26. The van der Waals surface area contributed by atoms with E-state index in [1.54, 1.807) is 18.2 Å². The normalized spacial score (nSPS) is 10.8. The van der Waals surface area contributed by atoms with Crippen molar-refractivity contribution in [1.29, 1.82) is 0 Å². The Morgan fingerprint density at radius 1 is 1.29 bits per heavy atom. The lowest BCUT2D eigenvalue weighted by atomic mass is 10.1. The summed E-state index contributed by atoms with van der Waals surface area (Å²) in [5, 5.41) is 16.0. The van der Waals surface area contributed by atoms with E-state index in [2.05, 4.69) is 5.10 Å². The van der Waals surface area contributed by atoms with Crippen molar-refractivity contribution in [2.24, 2.45) is 0 Å². The maximum absolute atomic E-state index is 12.7. The highest BCUT2D eigenvalue weighted by molar-refractivity contribution is 5.73. The van der Waals surface area contributed by atoms with E-state index in [4.69, 9.17) is 0 Å². The van der Waals surface area contributed by atoms with E-state index in [9.17, 15) is 18.9 Å². The Labute approximate surface area is 94.2 Å². The maximum atomic E-state index is 12.7. The minimum atomic E-state index is -2.87. The van der Waals surface area contributed by atoms with Crippen LogP contribution in [0.15, 0.2) is 30.3 Å². The van der Waals surface area contributed by atoms with Crippen molar-refractivity contribution < 1.29 is 13.7 Å². The molecule has 0 fully saturated rings. The molecule has 1 N–H and O–H groups in total. The number of halogens is 2. The number of nitro groups is 1. The van der Waals surface area contributed by atoms with Crippen LogP contribution in [0.5, 0.6) is 0 Å². The summed E-state index contributed by atoms with van der Waals surface area (Å²) in [4.78, 5) is 9.96. The second kappa shape index (κ2) is 4.28. The van der Waals surface area contributed by atoms with Crippen molar-refractivity contribution in [3.05, 3.63) is 46.1 Å². The van der Waals surface area contributed by atoms with Crippen LogP contribution in [-0.2, 0) is 0 Å². The topological polar surface area (TPSA) is 71.8 Å². The zero-order valence-electron chi connectivity index (χ0n) is 8.43. The highest BCUT2D eigenvalue weighted by Gasteiger charge is 2.28. The van der Waals surface area contributed by atoms with Gasteiger partial charge in [0.25, 0.3) is 6.43 Å². The molecule has 1 heterocycles. The van der Waals surface area contributed by atoms with Crippen LogP contribution in [0.25, 0.3) is 11.1 Å². The fourth-order valence-electron chi connectivity index (χ4n) is 1.53. The number of hydrogen-bond donors (Lipinski definition) is 1.